The molecule has 2 nitrogen and oxygen atoms in total. The number of aliphatic hydroxyl groups excluding tert-OH is 1. The van der Waals surface area contributed by atoms with Crippen molar-refractivity contribution in [1.29, 1.82) is 0 Å². The third-order valence-electron chi connectivity index (χ3n) is 2.98. The second kappa shape index (κ2) is 8.43. The Kier molecular flexibility index (Phi) is 8.58. The fraction of sp³-hybridized carbons (Fsp3) is 1.00. The molecule has 0 aliphatic carbocycles. The van der Waals surface area contributed by atoms with Crippen LogP contribution in [0.15, 0.2) is 0 Å². The van der Waals surface area contributed by atoms with E-state index in [0.29, 0.717) is 5.41 Å². The summed E-state index contributed by atoms with van der Waals surface area (Å²) in [5.41, 5.74) is 0.344. The van der Waals surface area contributed by atoms with Gasteiger partial charge in [0.2, 0.25) is 0 Å². The van der Waals surface area contributed by atoms with Crippen molar-refractivity contribution in [3.05, 3.63) is 0 Å². The van der Waals surface area contributed by atoms with Gasteiger partial charge in [-0.2, -0.15) is 12.6 Å². The molecule has 0 bridgehead atoms. The summed E-state index contributed by atoms with van der Waals surface area (Å²) in [6.45, 7) is 6.54. The van der Waals surface area contributed by atoms with E-state index in [2.05, 4.69) is 38.4 Å². The molecule has 0 amide bonds. The fourth-order valence-corrected chi connectivity index (χ4v) is 2.79. The molecule has 0 saturated heterocycles. The highest BCUT2D eigenvalue weighted by Crippen LogP contribution is 2.32. The molecule has 0 aromatic heterocycles. The van der Waals surface area contributed by atoms with Gasteiger partial charge < -0.3 is 10.0 Å². The zero-order valence-electron chi connectivity index (χ0n) is 10.5. The first-order valence-corrected chi connectivity index (χ1v) is 6.67. The van der Waals surface area contributed by atoms with Crippen LogP contribution in [0.5, 0.6) is 0 Å². The predicted octanol–water partition coefficient (Wildman–Crippen LogP) is 2.43. The highest BCUT2D eigenvalue weighted by Gasteiger charge is 2.27. The van der Waals surface area contributed by atoms with Gasteiger partial charge in [-0.25, -0.2) is 0 Å². The van der Waals surface area contributed by atoms with E-state index in [1.807, 2.05) is 0 Å². The van der Waals surface area contributed by atoms with Gasteiger partial charge in [-0.05, 0) is 31.1 Å². The molecule has 15 heavy (non-hydrogen) atoms. The van der Waals surface area contributed by atoms with Crippen molar-refractivity contribution in [2.24, 2.45) is 5.41 Å². The van der Waals surface area contributed by atoms with Gasteiger partial charge in [-0.3, -0.25) is 0 Å². The van der Waals surface area contributed by atoms with Crippen LogP contribution in [0.1, 0.15) is 39.5 Å². The summed E-state index contributed by atoms with van der Waals surface area (Å²) in [5, 5.41) is 8.91. The van der Waals surface area contributed by atoms with Crippen molar-refractivity contribution >= 4 is 12.6 Å². The topological polar surface area (TPSA) is 23.5 Å². The van der Waals surface area contributed by atoms with Crippen LogP contribution in [0.3, 0.4) is 0 Å². The summed E-state index contributed by atoms with van der Waals surface area (Å²) >= 11 is 4.52. The third-order valence-corrected chi connectivity index (χ3v) is 3.65. The van der Waals surface area contributed by atoms with Gasteiger partial charge in [0.25, 0.3) is 0 Å². The first-order chi connectivity index (χ1) is 7.14. The summed E-state index contributed by atoms with van der Waals surface area (Å²) in [5.74, 6) is 0.949. The maximum Gasteiger partial charge on any atom is 0.0558 e. The second-order valence-electron chi connectivity index (χ2n) is 4.62. The Balaban J connectivity index is 4.31. The minimum absolute atomic E-state index is 0.247. The van der Waals surface area contributed by atoms with Crippen molar-refractivity contribution in [2.75, 3.05) is 32.5 Å². The average Bonchev–Trinajstić information content (AvgIpc) is 2.18. The Morgan fingerprint density at radius 1 is 1.20 bits per heavy atom. The van der Waals surface area contributed by atoms with E-state index in [-0.39, 0.29) is 6.61 Å². The van der Waals surface area contributed by atoms with Crippen LogP contribution in [-0.4, -0.2) is 42.5 Å². The van der Waals surface area contributed by atoms with Gasteiger partial charge >= 0.3 is 0 Å². The summed E-state index contributed by atoms with van der Waals surface area (Å²) in [6.07, 6.45) is 4.90. The Morgan fingerprint density at radius 3 is 2.07 bits per heavy atom. The highest BCUT2D eigenvalue weighted by molar-refractivity contribution is 7.80. The lowest BCUT2D eigenvalue weighted by atomic mass is 9.80. The molecule has 0 aromatic carbocycles. The smallest absolute Gasteiger partial charge is 0.0558 e. The lowest BCUT2D eigenvalue weighted by molar-refractivity contribution is 0.145. The molecule has 0 fully saturated rings. The van der Waals surface area contributed by atoms with Crippen LogP contribution >= 0.6 is 12.6 Å². The normalized spacial score (nSPS) is 12.4. The van der Waals surface area contributed by atoms with E-state index in [0.717, 1.165) is 18.8 Å². The van der Waals surface area contributed by atoms with E-state index in [9.17, 15) is 0 Å². The lowest BCUT2D eigenvalue weighted by Gasteiger charge is -2.36. The van der Waals surface area contributed by atoms with Crippen LogP contribution < -0.4 is 0 Å². The molecule has 0 aliphatic rings. The number of aliphatic hydroxyl groups is 1. The molecule has 0 unspecified atom stereocenters. The SMILES string of the molecule is CCCC(CS)(CCC)CN(C)CCO. The number of nitrogens with zero attached hydrogens (tertiary/aromatic N) is 1. The van der Waals surface area contributed by atoms with E-state index >= 15 is 0 Å². The number of thiol groups is 1. The van der Waals surface area contributed by atoms with Crippen LogP contribution in [0, 0.1) is 5.41 Å². The number of hydrogen-bond acceptors (Lipinski definition) is 3. The Hall–Kier alpha value is 0.270. The summed E-state index contributed by atoms with van der Waals surface area (Å²) in [7, 11) is 2.08. The zero-order valence-corrected chi connectivity index (χ0v) is 11.4. The molecule has 0 atom stereocenters. The van der Waals surface area contributed by atoms with Crippen LogP contribution in [0.2, 0.25) is 0 Å². The van der Waals surface area contributed by atoms with E-state index < -0.39 is 0 Å². The molecular formula is C12H27NOS. The number of likely N-dealkylation sites (N-methyl/N-ethyl adjacent to an activating group) is 1. The largest absolute Gasteiger partial charge is 0.395 e. The van der Waals surface area contributed by atoms with Crippen molar-refractivity contribution in [3.63, 3.8) is 0 Å². The number of rotatable bonds is 9. The molecule has 3 heteroatoms. The molecule has 0 spiro atoms. The van der Waals surface area contributed by atoms with E-state index in [4.69, 9.17) is 5.11 Å². The van der Waals surface area contributed by atoms with Crippen molar-refractivity contribution in [3.8, 4) is 0 Å². The van der Waals surface area contributed by atoms with Gasteiger partial charge in [-0.1, -0.05) is 26.7 Å². The maximum atomic E-state index is 8.91. The lowest BCUT2D eigenvalue weighted by Crippen LogP contribution is -2.38. The Labute approximate surface area is 100 Å². The zero-order chi connectivity index (χ0) is 11.7. The monoisotopic (exact) mass is 233 g/mol. The van der Waals surface area contributed by atoms with Gasteiger partial charge in [0.1, 0.15) is 0 Å². The molecule has 0 radical (unpaired) electrons. The van der Waals surface area contributed by atoms with Crippen molar-refractivity contribution < 1.29 is 5.11 Å². The molecule has 0 rings (SSSR count). The van der Waals surface area contributed by atoms with Gasteiger partial charge in [0.15, 0.2) is 0 Å². The molecule has 0 aromatic rings. The first kappa shape index (κ1) is 15.3. The molecule has 0 heterocycles. The Bertz CT molecular complexity index is 147. The first-order valence-electron chi connectivity index (χ1n) is 6.04. The molecule has 0 saturated carbocycles. The third kappa shape index (κ3) is 5.79. The van der Waals surface area contributed by atoms with Crippen molar-refractivity contribution in [1.82, 2.24) is 4.90 Å². The second-order valence-corrected chi connectivity index (χ2v) is 4.94. The minimum Gasteiger partial charge on any atom is -0.395 e. The minimum atomic E-state index is 0.247. The maximum absolute atomic E-state index is 8.91. The standard InChI is InChI=1S/C12H27NOS/c1-4-6-12(11-15,7-5-2)10-13(3)8-9-14/h14-15H,4-11H2,1-3H3. The molecular weight excluding hydrogens is 206 g/mol. The predicted molar refractivity (Wildman–Crippen MR) is 70.7 cm³/mol. The average molecular weight is 233 g/mol. The molecule has 92 valence electrons. The van der Waals surface area contributed by atoms with E-state index in [1.165, 1.54) is 25.7 Å². The Morgan fingerprint density at radius 2 is 1.73 bits per heavy atom. The summed E-state index contributed by atoms with van der Waals surface area (Å²) in [6, 6.07) is 0. The number of hydrogen-bond donors (Lipinski definition) is 2. The van der Waals surface area contributed by atoms with E-state index in [1.54, 1.807) is 0 Å². The molecule has 1 N–H and O–H groups in total. The van der Waals surface area contributed by atoms with Gasteiger partial charge in [-0.15, -0.1) is 0 Å². The summed E-state index contributed by atoms with van der Waals surface area (Å²) < 4.78 is 0. The van der Waals surface area contributed by atoms with Gasteiger partial charge in [0, 0.05) is 13.1 Å². The van der Waals surface area contributed by atoms with Crippen molar-refractivity contribution in [2.45, 2.75) is 39.5 Å². The van der Waals surface area contributed by atoms with Crippen LogP contribution in [0.4, 0.5) is 0 Å². The van der Waals surface area contributed by atoms with Crippen LogP contribution in [0.25, 0.3) is 0 Å². The van der Waals surface area contributed by atoms with Gasteiger partial charge in [0.05, 0.1) is 6.61 Å². The highest BCUT2D eigenvalue weighted by atomic mass is 32.1. The quantitative estimate of drug-likeness (QED) is 0.598. The fourth-order valence-electron chi connectivity index (χ4n) is 2.37. The van der Waals surface area contributed by atoms with Crippen LogP contribution in [-0.2, 0) is 0 Å². The molecule has 0 aliphatic heterocycles. The summed E-state index contributed by atoms with van der Waals surface area (Å²) in [4.78, 5) is 2.22.